The van der Waals surface area contributed by atoms with E-state index in [-0.39, 0.29) is 29.4 Å². The smallest absolute Gasteiger partial charge is 0.322 e. The quantitative estimate of drug-likeness (QED) is 0.413. The molecule has 1 atom stereocenters. The van der Waals surface area contributed by atoms with Gasteiger partial charge in [0.1, 0.15) is 11.6 Å². The number of halogens is 1. The van der Waals surface area contributed by atoms with Crippen LogP contribution in [0.15, 0.2) is 59.1 Å². The number of furan rings is 1. The first-order chi connectivity index (χ1) is 16.3. The summed E-state index contributed by atoms with van der Waals surface area (Å²) in [7, 11) is 0. The third-order valence-corrected chi connectivity index (χ3v) is 5.74. The fourth-order valence-corrected chi connectivity index (χ4v) is 3.42. The standard InChI is InChI=1S/C26H33FN4O3/c1-5-14-31(26(33)29-23-11-7-6-10-22(23)27)16-20-9-8-15-30(20)17-21-12-13-24(34-21)25(32)28-19(4)18(2)3/h6-13,15,18-19H,5,14,16-17H2,1-4H3,(H,28,32)(H,29,33). The average molecular weight is 469 g/mol. The molecule has 0 aliphatic carbocycles. The molecule has 3 aromatic rings. The van der Waals surface area contributed by atoms with Gasteiger partial charge in [-0.05, 0) is 55.7 Å². The second-order valence-corrected chi connectivity index (χ2v) is 8.73. The Morgan fingerprint density at radius 1 is 1.09 bits per heavy atom. The minimum atomic E-state index is -0.476. The van der Waals surface area contributed by atoms with E-state index in [9.17, 15) is 14.0 Å². The summed E-state index contributed by atoms with van der Waals surface area (Å²) >= 11 is 0. The largest absolute Gasteiger partial charge is 0.454 e. The SMILES string of the molecule is CCCN(Cc1cccn1Cc1ccc(C(=O)NC(C)C(C)C)o1)C(=O)Nc1ccccc1F. The fraction of sp³-hybridized carbons (Fsp3) is 0.385. The minimum Gasteiger partial charge on any atom is -0.454 e. The van der Waals surface area contributed by atoms with Crippen molar-refractivity contribution in [2.45, 2.75) is 53.2 Å². The predicted molar refractivity (Wildman–Crippen MR) is 130 cm³/mol. The summed E-state index contributed by atoms with van der Waals surface area (Å²) in [5.41, 5.74) is 1.05. The van der Waals surface area contributed by atoms with Crippen molar-refractivity contribution >= 4 is 17.6 Å². The monoisotopic (exact) mass is 468 g/mol. The van der Waals surface area contributed by atoms with Gasteiger partial charge in [-0.2, -0.15) is 0 Å². The number of nitrogens with one attached hydrogen (secondary N) is 2. The molecule has 2 N–H and O–H groups in total. The Morgan fingerprint density at radius 2 is 1.85 bits per heavy atom. The molecule has 0 aliphatic heterocycles. The molecule has 7 nitrogen and oxygen atoms in total. The van der Waals surface area contributed by atoms with Crippen LogP contribution in [0.2, 0.25) is 0 Å². The van der Waals surface area contributed by atoms with Crippen LogP contribution in [0.3, 0.4) is 0 Å². The molecule has 0 saturated heterocycles. The molecule has 8 heteroatoms. The van der Waals surface area contributed by atoms with Gasteiger partial charge in [-0.25, -0.2) is 9.18 Å². The number of carbonyl (C=O) groups excluding carboxylic acids is 2. The maximum Gasteiger partial charge on any atom is 0.322 e. The number of rotatable bonds is 10. The van der Waals surface area contributed by atoms with Crippen LogP contribution < -0.4 is 10.6 Å². The van der Waals surface area contributed by atoms with Crippen molar-refractivity contribution < 1.29 is 18.4 Å². The van der Waals surface area contributed by atoms with Gasteiger partial charge in [0.15, 0.2) is 5.76 Å². The van der Waals surface area contributed by atoms with Gasteiger partial charge in [0.2, 0.25) is 0 Å². The number of aromatic nitrogens is 1. The zero-order valence-corrected chi connectivity index (χ0v) is 20.2. The maximum atomic E-state index is 14.0. The van der Waals surface area contributed by atoms with Crippen LogP contribution in [-0.2, 0) is 13.1 Å². The third-order valence-electron chi connectivity index (χ3n) is 5.74. The topological polar surface area (TPSA) is 79.5 Å². The second kappa shape index (κ2) is 11.5. The van der Waals surface area contributed by atoms with Gasteiger partial charge in [-0.1, -0.05) is 32.9 Å². The van der Waals surface area contributed by atoms with Crippen molar-refractivity contribution in [1.82, 2.24) is 14.8 Å². The Labute approximate surface area is 199 Å². The lowest BCUT2D eigenvalue weighted by Crippen LogP contribution is -2.36. The number of benzene rings is 1. The van der Waals surface area contributed by atoms with Gasteiger partial charge in [-0.15, -0.1) is 0 Å². The van der Waals surface area contributed by atoms with Gasteiger partial charge in [-0.3, -0.25) is 4.79 Å². The molecule has 0 spiro atoms. The number of carbonyl (C=O) groups is 2. The third kappa shape index (κ3) is 6.50. The Hall–Kier alpha value is -3.55. The first kappa shape index (κ1) is 25.1. The number of nitrogens with zero attached hydrogens (tertiary/aromatic N) is 2. The predicted octanol–water partition coefficient (Wildman–Crippen LogP) is 5.49. The summed E-state index contributed by atoms with van der Waals surface area (Å²) in [6.07, 6.45) is 2.66. The normalized spacial score (nSPS) is 11.9. The summed E-state index contributed by atoms with van der Waals surface area (Å²) in [4.78, 5) is 26.9. The van der Waals surface area contributed by atoms with Crippen LogP contribution >= 0.6 is 0 Å². The van der Waals surface area contributed by atoms with Gasteiger partial charge in [0, 0.05) is 24.5 Å². The molecule has 2 heterocycles. The Bertz CT molecular complexity index is 1100. The van der Waals surface area contributed by atoms with Crippen LogP contribution in [0.1, 0.15) is 56.1 Å². The van der Waals surface area contributed by atoms with E-state index < -0.39 is 5.82 Å². The molecule has 34 heavy (non-hydrogen) atoms. The van der Waals surface area contributed by atoms with E-state index in [2.05, 4.69) is 10.6 Å². The Morgan fingerprint density at radius 3 is 2.56 bits per heavy atom. The summed E-state index contributed by atoms with van der Waals surface area (Å²) < 4.78 is 21.7. The molecule has 1 aromatic carbocycles. The number of urea groups is 1. The lowest BCUT2D eigenvalue weighted by molar-refractivity contribution is 0.0900. The van der Waals surface area contributed by atoms with E-state index in [0.717, 1.165) is 12.1 Å². The lowest BCUT2D eigenvalue weighted by Gasteiger charge is -2.23. The van der Waals surface area contributed by atoms with E-state index in [1.54, 1.807) is 29.2 Å². The van der Waals surface area contributed by atoms with Crippen molar-refractivity contribution in [2.75, 3.05) is 11.9 Å². The Kier molecular flexibility index (Phi) is 8.51. The lowest BCUT2D eigenvalue weighted by atomic mass is 10.1. The summed E-state index contributed by atoms with van der Waals surface area (Å²) in [5, 5.41) is 5.59. The van der Waals surface area contributed by atoms with Crippen molar-refractivity contribution in [2.24, 2.45) is 5.92 Å². The molecule has 2 aromatic heterocycles. The second-order valence-electron chi connectivity index (χ2n) is 8.73. The van der Waals surface area contributed by atoms with Gasteiger partial charge in [0.25, 0.3) is 5.91 Å². The number of para-hydroxylation sites is 1. The molecule has 3 rings (SSSR count). The van der Waals surface area contributed by atoms with Crippen LogP contribution in [-0.4, -0.2) is 34.0 Å². The van der Waals surface area contributed by atoms with E-state index >= 15 is 0 Å². The van der Waals surface area contributed by atoms with Gasteiger partial charge >= 0.3 is 6.03 Å². The average Bonchev–Trinajstić information content (AvgIpc) is 3.45. The summed E-state index contributed by atoms with van der Waals surface area (Å²) in [5.74, 6) is 0.517. The fourth-order valence-electron chi connectivity index (χ4n) is 3.42. The van der Waals surface area contributed by atoms with Crippen molar-refractivity contribution in [1.29, 1.82) is 0 Å². The highest BCUT2D eigenvalue weighted by Crippen LogP contribution is 2.17. The molecule has 182 valence electrons. The molecule has 0 fully saturated rings. The van der Waals surface area contributed by atoms with Crippen molar-refractivity contribution in [3.63, 3.8) is 0 Å². The van der Waals surface area contributed by atoms with Crippen LogP contribution in [0, 0.1) is 11.7 Å². The van der Waals surface area contributed by atoms with E-state index in [0.29, 0.717) is 31.3 Å². The van der Waals surface area contributed by atoms with E-state index in [4.69, 9.17) is 4.42 Å². The van der Waals surface area contributed by atoms with Crippen LogP contribution in [0.5, 0.6) is 0 Å². The molecule has 1 unspecified atom stereocenters. The molecular weight excluding hydrogens is 435 g/mol. The zero-order valence-electron chi connectivity index (χ0n) is 20.2. The van der Waals surface area contributed by atoms with Crippen LogP contribution in [0.25, 0.3) is 0 Å². The summed E-state index contributed by atoms with van der Waals surface area (Å²) in [6.45, 7) is 9.33. The van der Waals surface area contributed by atoms with Crippen molar-refractivity contribution in [3.05, 3.63) is 77.8 Å². The highest BCUT2D eigenvalue weighted by atomic mass is 19.1. The van der Waals surface area contributed by atoms with Crippen LogP contribution in [0.4, 0.5) is 14.9 Å². The van der Waals surface area contributed by atoms with Gasteiger partial charge in [0.05, 0.1) is 18.8 Å². The maximum absolute atomic E-state index is 14.0. The van der Waals surface area contributed by atoms with Crippen molar-refractivity contribution in [3.8, 4) is 0 Å². The zero-order chi connectivity index (χ0) is 24.7. The number of hydrogen-bond donors (Lipinski definition) is 2. The molecular formula is C26H33FN4O3. The Balaban J connectivity index is 1.67. The summed E-state index contributed by atoms with van der Waals surface area (Å²) in [6, 6.07) is 13.1. The number of hydrogen-bond acceptors (Lipinski definition) is 3. The van der Waals surface area contributed by atoms with E-state index in [1.807, 2.05) is 50.6 Å². The molecule has 3 amide bonds. The molecule has 0 bridgehead atoms. The highest BCUT2D eigenvalue weighted by Gasteiger charge is 2.18. The first-order valence-corrected chi connectivity index (χ1v) is 11.6. The molecule has 0 radical (unpaired) electrons. The molecule has 0 aliphatic rings. The molecule has 0 saturated carbocycles. The van der Waals surface area contributed by atoms with E-state index in [1.165, 1.54) is 12.1 Å². The first-order valence-electron chi connectivity index (χ1n) is 11.6. The highest BCUT2D eigenvalue weighted by molar-refractivity contribution is 5.91. The minimum absolute atomic E-state index is 0.0390. The number of anilines is 1. The van der Waals surface area contributed by atoms with Gasteiger partial charge < -0.3 is 24.5 Å². The number of amides is 3.